The van der Waals surface area contributed by atoms with Crippen LogP contribution in [0.3, 0.4) is 0 Å². The number of ether oxygens (including phenoxy) is 5. The maximum atomic E-state index is 14.6. The first-order chi connectivity index (χ1) is 16.5. The number of carbonyl (C=O) groups is 5. The van der Waals surface area contributed by atoms with Crippen LogP contribution in [0, 0.1) is 5.82 Å². The molecule has 0 amide bonds. The third-order valence-electron chi connectivity index (χ3n) is 5.20. The molecule has 0 bridgehead atoms. The van der Waals surface area contributed by atoms with Crippen molar-refractivity contribution in [3.63, 3.8) is 0 Å². The van der Waals surface area contributed by atoms with Gasteiger partial charge < -0.3 is 28.3 Å². The number of esters is 4. The van der Waals surface area contributed by atoms with E-state index in [9.17, 15) is 28.4 Å². The zero-order chi connectivity index (χ0) is 25.9. The van der Waals surface area contributed by atoms with Gasteiger partial charge in [-0.05, 0) is 12.1 Å². The molecule has 0 spiro atoms. The monoisotopic (exact) mass is 493 g/mol. The third-order valence-corrected chi connectivity index (χ3v) is 5.20. The number of carbonyl (C=O) groups excluding carboxylic acids is 5. The maximum Gasteiger partial charge on any atom is 0.303 e. The fourth-order valence-electron chi connectivity index (χ4n) is 4.03. The van der Waals surface area contributed by atoms with E-state index >= 15 is 0 Å². The second kappa shape index (κ2) is 10.6. The van der Waals surface area contributed by atoms with E-state index in [1.807, 2.05) is 0 Å². The number of benzene rings is 1. The van der Waals surface area contributed by atoms with E-state index < -0.39 is 66.9 Å². The summed E-state index contributed by atoms with van der Waals surface area (Å²) in [5.41, 5.74) is 0.207. The molecule has 0 saturated carbocycles. The summed E-state index contributed by atoms with van der Waals surface area (Å²) in [4.78, 5) is 58.9. The Morgan fingerprint density at radius 2 is 1.54 bits per heavy atom. The van der Waals surface area contributed by atoms with Gasteiger partial charge in [-0.25, -0.2) is 4.39 Å². The lowest BCUT2D eigenvalue weighted by Gasteiger charge is -2.44. The van der Waals surface area contributed by atoms with Gasteiger partial charge in [0.15, 0.2) is 30.8 Å². The Kier molecular flexibility index (Phi) is 7.85. The van der Waals surface area contributed by atoms with E-state index in [0.717, 1.165) is 27.7 Å². The predicted molar refractivity (Wildman–Crippen MR) is 114 cm³/mol. The zero-order valence-corrected chi connectivity index (χ0v) is 19.4. The Balaban J connectivity index is 2.20. The molecule has 11 nitrogen and oxygen atoms in total. The van der Waals surface area contributed by atoms with Gasteiger partial charge in [0.05, 0.1) is 5.52 Å². The molecule has 0 aliphatic carbocycles. The molecular formula is C23H24FNO10. The lowest BCUT2D eigenvalue weighted by atomic mass is 9.97. The quantitative estimate of drug-likeness (QED) is 0.319. The largest absolute Gasteiger partial charge is 0.463 e. The van der Waals surface area contributed by atoms with Crippen LogP contribution in [-0.2, 0) is 42.9 Å². The van der Waals surface area contributed by atoms with Crippen molar-refractivity contribution in [3.8, 4) is 0 Å². The van der Waals surface area contributed by atoms with Crippen LogP contribution in [0.15, 0.2) is 24.4 Å². The number of hydrogen-bond donors (Lipinski definition) is 0. The summed E-state index contributed by atoms with van der Waals surface area (Å²) in [6, 6.07) is 4.10. The van der Waals surface area contributed by atoms with Crippen LogP contribution >= 0.6 is 0 Å². The second-order valence-electron chi connectivity index (χ2n) is 7.83. The molecule has 1 aromatic carbocycles. The molecule has 0 N–H and O–H groups in total. The second-order valence-corrected chi connectivity index (χ2v) is 7.83. The van der Waals surface area contributed by atoms with Crippen LogP contribution in [0.4, 0.5) is 4.39 Å². The van der Waals surface area contributed by atoms with Crippen LogP contribution in [0.5, 0.6) is 0 Å². The highest BCUT2D eigenvalue weighted by molar-refractivity contribution is 5.98. The molecule has 1 aliphatic heterocycles. The van der Waals surface area contributed by atoms with Crippen LogP contribution in [0.2, 0.25) is 0 Å². The van der Waals surface area contributed by atoms with Gasteiger partial charge in [-0.1, -0.05) is 6.07 Å². The van der Waals surface area contributed by atoms with Gasteiger partial charge in [0.1, 0.15) is 18.5 Å². The highest BCUT2D eigenvalue weighted by Crippen LogP contribution is 2.37. The molecule has 2 aromatic rings. The van der Waals surface area contributed by atoms with Crippen molar-refractivity contribution in [2.24, 2.45) is 0 Å². The lowest BCUT2D eigenvalue weighted by molar-refractivity contribution is -0.267. The molecule has 188 valence electrons. The highest BCUT2D eigenvalue weighted by atomic mass is 19.1. The molecule has 35 heavy (non-hydrogen) atoms. The minimum atomic E-state index is -1.40. The number of halogens is 1. The van der Waals surface area contributed by atoms with Crippen molar-refractivity contribution in [2.75, 3.05) is 6.61 Å². The van der Waals surface area contributed by atoms with Crippen molar-refractivity contribution < 1.29 is 52.0 Å². The molecule has 5 atom stereocenters. The summed E-state index contributed by atoms with van der Waals surface area (Å²) >= 11 is 0. The number of hydrogen-bond acceptors (Lipinski definition) is 10. The lowest BCUT2D eigenvalue weighted by Crippen LogP contribution is -2.60. The van der Waals surface area contributed by atoms with Gasteiger partial charge in [0.25, 0.3) is 0 Å². The third kappa shape index (κ3) is 5.65. The average Bonchev–Trinajstić information content (AvgIpc) is 3.14. The van der Waals surface area contributed by atoms with E-state index in [2.05, 4.69) is 0 Å². The van der Waals surface area contributed by atoms with Crippen LogP contribution in [-0.4, -0.2) is 65.8 Å². The van der Waals surface area contributed by atoms with Gasteiger partial charge in [0, 0.05) is 44.8 Å². The molecule has 3 rings (SSSR count). The topological polar surface area (TPSA) is 136 Å². The van der Waals surface area contributed by atoms with Crippen molar-refractivity contribution in [3.05, 3.63) is 35.8 Å². The van der Waals surface area contributed by atoms with Crippen molar-refractivity contribution in [1.82, 2.24) is 4.57 Å². The van der Waals surface area contributed by atoms with E-state index in [0.29, 0.717) is 6.29 Å². The molecule has 0 radical (unpaired) electrons. The Labute approximate surface area is 199 Å². The summed E-state index contributed by atoms with van der Waals surface area (Å²) in [6.07, 6.45) is -4.86. The zero-order valence-electron chi connectivity index (χ0n) is 19.4. The minimum Gasteiger partial charge on any atom is -0.463 e. The fraction of sp³-hybridized carbons (Fsp3) is 0.435. The standard InChI is InChI=1S/C23H24FNO10/c1-11(27)31-10-18-20(32-12(2)28)21(33-13(3)29)22(34-14(4)30)23(35-18)25-8-15(9-26)19-16(24)6-5-7-17(19)25/h5-9,18,20-23H,10H2,1-4H3/t18-,20-,21+,22-,23?/m1/s1. The van der Waals surface area contributed by atoms with E-state index in [-0.39, 0.29) is 16.5 Å². The summed E-state index contributed by atoms with van der Waals surface area (Å²) < 4.78 is 43.2. The van der Waals surface area contributed by atoms with Gasteiger partial charge >= 0.3 is 23.9 Å². The summed E-state index contributed by atoms with van der Waals surface area (Å²) in [5, 5.41) is -0.00430. The Morgan fingerprint density at radius 3 is 2.11 bits per heavy atom. The van der Waals surface area contributed by atoms with E-state index in [4.69, 9.17) is 23.7 Å². The molecule has 1 unspecified atom stereocenters. The number of aldehydes is 1. The Morgan fingerprint density at radius 1 is 0.943 bits per heavy atom. The van der Waals surface area contributed by atoms with Gasteiger partial charge in [0.2, 0.25) is 0 Å². The molecule has 1 saturated heterocycles. The molecule has 12 heteroatoms. The SMILES string of the molecule is CC(=O)OC[C@H]1OC(n2cc(C=O)c3c(F)cccc32)[C@H](OC(C)=O)[C@@H](OC(C)=O)[C@@H]1OC(C)=O. The van der Waals surface area contributed by atoms with Gasteiger partial charge in [-0.15, -0.1) is 0 Å². The molecule has 2 heterocycles. The fourth-order valence-corrected chi connectivity index (χ4v) is 4.03. The highest BCUT2D eigenvalue weighted by Gasteiger charge is 2.53. The normalized spacial score (nSPS) is 23.9. The average molecular weight is 493 g/mol. The van der Waals surface area contributed by atoms with E-state index in [1.54, 1.807) is 0 Å². The molecule has 1 aliphatic rings. The number of aromatic nitrogens is 1. The maximum absolute atomic E-state index is 14.6. The van der Waals surface area contributed by atoms with Crippen LogP contribution in [0.25, 0.3) is 10.9 Å². The molecule has 1 fully saturated rings. The smallest absolute Gasteiger partial charge is 0.303 e. The van der Waals surface area contributed by atoms with Crippen LogP contribution in [0.1, 0.15) is 44.3 Å². The Bertz CT molecular complexity index is 1160. The predicted octanol–water partition coefficient (Wildman–Crippen LogP) is 1.85. The molecule has 1 aromatic heterocycles. The summed E-state index contributed by atoms with van der Waals surface area (Å²) in [6.45, 7) is 4.07. The van der Waals surface area contributed by atoms with Crippen molar-refractivity contribution in [1.29, 1.82) is 0 Å². The van der Waals surface area contributed by atoms with Crippen molar-refractivity contribution >= 4 is 41.1 Å². The minimum absolute atomic E-state index is 0.00430. The van der Waals surface area contributed by atoms with Gasteiger partial charge in [-0.2, -0.15) is 0 Å². The summed E-state index contributed by atoms with van der Waals surface area (Å²) in [7, 11) is 0. The Hall–Kier alpha value is -3.80. The van der Waals surface area contributed by atoms with Gasteiger partial charge in [-0.3, -0.25) is 24.0 Å². The number of fused-ring (bicyclic) bond motifs is 1. The van der Waals surface area contributed by atoms with Crippen molar-refractivity contribution in [2.45, 2.75) is 58.3 Å². The first-order valence-electron chi connectivity index (χ1n) is 10.6. The van der Waals surface area contributed by atoms with Crippen LogP contribution < -0.4 is 0 Å². The van der Waals surface area contributed by atoms with E-state index in [1.165, 1.54) is 29.0 Å². The number of nitrogens with zero attached hydrogens (tertiary/aromatic N) is 1. The first kappa shape index (κ1) is 25.8. The number of rotatable bonds is 7. The molecular weight excluding hydrogens is 469 g/mol. The summed E-state index contributed by atoms with van der Waals surface area (Å²) in [5.74, 6) is -3.66. The first-order valence-corrected chi connectivity index (χ1v) is 10.6.